The molecule has 0 N–H and O–H groups in total. The number of hydrogen-bond donors (Lipinski definition) is 0. The van der Waals surface area contributed by atoms with E-state index in [-0.39, 0.29) is 11.6 Å². The summed E-state index contributed by atoms with van der Waals surface area (Å²) in [7, 11) is 0. The highest BCUT2D eigenvalue weighted by Crippen LogP contribution is 2.08. The Balaban J connectivity index is 2.35. The highest BCUT2D eigenvalue weighted by molar-refractivity contribution is 5.96. The van der Waals surface area contributed by atoms with Gasteiger partial charge in [0.2, 0.25) is 0 Å². The fourth-order valence-corrected chi connectivity index (χ4v) is 1.57. The van der Waals surface area contributed by atoms with Crippen LogP contribution in [0.3, 0.4) is 0 Å². The predicted molar refractivity (Wildman–Crippen MR) is 68.8 cm³/mol. The minimum absolute atomic E-state index is 0.0148. The van der Waals surface area contributed by atoms with Gasteiger partial charge >= 0.3 is 0 Å². The van der Waals surface area contributed by atoms with Crippen LogP contribution in [0.1, 0.15) is 28.4 Å². The summed E-state index contributed by atoms with van der Waals surface area (Å²) in [6.07, 6.45) is 0. The van der Waals surface area contributed by atoms with Crippen LogP contribution < -0.4 is 0 Å². The first kappa shape index (κ1) is 12.1. The van der Waals surface area contributed by atoms with Crippen LogP contribution in [0.4, 0.5) is 4.39 Å². The van der Waals surface area contributed by atoms with Crippen LogP contribution in [0.5, 0.6) is 0 Å². The Bertz CT molecular complexity index is 630. The van der Waals surface area contributed by atoms with Crippen molar-refractivity contribution in [2.45, 2.75) is 6.92 Å². The van der Waals surface area contributed by atoms with Gasteiger partial charge in [0.25, 0.3) is 0 Å². The molecule has 2 aromatic carbocycles. The van der Waals surface area contributed by atoms with Crippen molar-refractivity contribution in [1.82, 2.24) is 0 Å². The summed E-state index contributed by atoms with van der Waals surface area (Å²) in [5.41, 5.74) is 2.01. The number of rotatable bonds is 1. The number of hydrogen-bond acceptors (Lipinski definition) is 1. The first-order chi connectivity index (χ1) is 8.66. The van der Waals surface area contributed by atoms with Gasteiger partial charge in [-0.15, -0.1) is 0 Å². The molecule has 2 rings (SSSR count). The number of benzene rings is 2. The van der Waals surface area contributed by atoms with E-state index in [1.54, 1.807) is 30.3 Å². The third-order valence-corrected chi connectivity index (χ3v) is 2.49. The second kappa shape index (κ2) is 5.29. The summed E-state index contributed by atoms with van der Waals surface area (Å²) < 4.78 is 12.7. The molecule has 2 aromatic rings. The standard InChI is InChI=1S/C16H11FO/c1-12(18)16-5-3-2-4-14(16)9-6-13-7-10-15(17)11-8-13/h2-5,7-8,10-11H,1H3. The van der Waals surface area contributed by atoms with Gasteiger partial charge in [0.1, 0.15) is 5.82 Å². The molecule has 0 saturated carbocycles. The van der Waals surface area contributed by atoms with Gasteiger partial charge in [-0.2, -0.15) is 0 Å². The van der Waals surface area contributed by atoms with E-state index in [0.29, 0.717) is 11.1 Å². The second-order valence-electron chi connectivity index (χ2n) is 3.86. The molecular formula is C16H11FO. The number of halogens is 1. The van der Waals surface area contributed by atoms with Crippen molar-refractivity contribution in [3.05, 3.63) is 71.0 Å². The van der Waals surface area contributed by atoms with Crippen molar-refractivity contribution < 1.29 is 9.18 Å². The third kappa shape index (κ3) is 2.83. The Morgan fingerprint density at radius 2 is 1.67 bits per heavy atom. The zero-order chi connectivity index (χ0) is 13.0. The van der Waals surface area contributed by atoms with Crippen LogP contribution in [-0.2, 0) is 0 Å². The fourth-order valence-electron chi connectivity index (χ4n) is 1.57. The molecule has 0 radical (unpaired) electrons. The number of Topliss-reactive ketones (excluding diaryl/α,β-unsaturated/α-hetero) is 1. The van der Waals surface area contributed by atoms with Gasteiger partial charge in [-0.05, 0) is 37.3 Å². The van der Waals surface area contributed by atoms with Crippen LogP contribution in [0.25, 0.3) is 0 Å². The Morgan fingerprint density at radius 1 is 1.00 bits per heavy atom. The van der Waals surface area contributed by atoms with Crippen molar-refractivity contribution >= 4 is 5.78 Å². The Kier molecular flexibility index (Phi) is 3.54. The summed E-state index contributed by atoms with van der Waals surface area (Å²) in [5, 5.41) is 0. The highest BCUT2D eigenvalue weighted by Gasteiger charge is 2.02. The second-order valence-corrected chi connectivity index (χ2v) is 3.86. The average Bonchev–Trinajstić information content (AvgIpc) is 2.38. The zero-order valence-electron chi connectivity index (χ0n) is 9.91. The lowest BCUT2D eigenvalue weighted by molar-refractivity contribution is 0.101. The van der Waals surface area contributed by atoms with E-state index in [4.69, 9.17) is 0 Å². The van der Waals surface area contributed by atoms with E-state index in [9.17, 15) is 9.18 Å². The zero-order valence-corrected chi connectivity index (χ0v) is 9.91. The molecule has 0 aromatic heterocycles. The maximum absolute atomic E-state index is 12.7. The lowest BCUT2D eigenvalue weighted by atomic mass is 10.0. The minimum Gasteiger partial charge on any atom is -0.294 e. The normalized spacial score (nSPS) is 9.44. The first-order valence-corrected chi connectivity index (χ1v) is 5.54. The van der Waals surface area contributed by atoms with E-state index in [1.807, 2.05) is 6.07 Å². The van der Waals surface area contributed by atoms with Gasteiger partial charge in [0.05, 0.1) is 0 Å². The number of carbonyl (C=O) groups is 1. The maximum Gasteiger partial charge on any atom is 0.161 e. The third-order valence-electron chi connectivity index (χ3n) is 2.49. The maximum atomic E-state index is 12.7. The highest BCUT2D eigenvalue weighted by atomic mass is 19.1. The summed E-state index contributed by atoms with van der Waals surface area (Å²) in [5.74, 6) is 5.55. The molecule has 0 bridgehead atoms. The van der Waals surface area contributed by atoms with Crippen LogP contribution in [0, 0.1) is 17.7 Å². The Labute approximate surface area is 105 Å². The molecule has 1 nitrogen and oxygen atoms in total. The van der Waals surface area contributed by atoms with Crippen LogP contribution in [-0.4, -0.2) is 5.78 Å². The summed E-state index contributed by atoms with van der Waals surface area (Å²) in [4.78, 5) is 11.4. The van der Waals surface area contributed by atoms with Crippen LogP contribution in [0.15, 0.2) is 48.5 Å². The molecule has 0 heterocycles. The van der Waals surface area contributed by atoms with Gasteiger partial charge < -0.3 is 0 Å². The molecular weight excluding hydrogens is 227 g/mol. The summed E-state index contributed by atoms with van der Waals surface area (Å²) in [6.45, 7) is 1.51. The van der Waals surface area contributed by atoms with Gasteiger partial charge in [-0.1, -0.05) is 30.0 Å². The van der Waals surface area contributed by atoms with Crippen LogP contribution in [0.2, 0.25) is 0 Å². The van der Waals surface area contributed by atoms with E-state index < -0.39 is 0 Å². The van der Waals surface area contributed by atoms with E-state index >= 15 is 0 Å². The number of ketones is 1. The Morgan fingerprint density at radius 3 is 2.33 bits per heavy atom. The molecule has 0 unspecified atom stereocenters. The first-order valence-electron chi connectivity index (χ1n) is 5.54. The van der Waals surface area contributed by atoms with Gasteiger partial charge in [0, 0.05) is 16.7 Å². The Hall–Kier alpha value is -2.40. The van der Waals surface area contributed by atoms with Crippen molar-refractivity contribution in [2.75, 3.05) is 0 Å². The number of carbonyl (C=O) groups excluding carboxylic acids is 1. The van der Waals surface area contributed by atoms with Crippen molar-refractivity contribution in [1.29, 1.82) is 0 Å². The molecule has 2 heteroatoms. The van der Waals surface area contributed by atoms with Gasteiger partial charge in [0.15, 0.2) is 5.78 Å². The minimum atomic E-state index is -0.287. The smallest absolute Gasteiger partial charge is 0.161 e. The van der Waals surface area contributed by atoms with Gasteiger partial charge in [-0.3, -0.25) is 4.79 Å². The van der Waals surface area contributed by atoms with Crippen molar-refractivity contribution in [2.24, 2.45) is 0 Å². The summed E-state index contributed by atoms with van der Waals surface area (Å²) >= 11 is 0. The molecule has 18 heavy (non-hydrogen) atoms. The largest absolute Gasteiger partial charge is 0.294 e. The molecule has 0 spiro atoms. The quantitative estimate of drug-likeness (QED) is 0.549. The van der Waals surface area contributed by atoms with Crippen LogP contribution >= 0.6 is 0 Å². The van der Waals surface area contributed by atoms with Crippen molar-refractivity contribution in [3.63, 3.8) is 0 Å². The summed E-state index contributed by atoms with van der Waals surface area (Å²) in [6, 6.07) is 13.1. The molecule has 0 saturated heterocycles. The monoisotopic (exact) mass is 238 g/mol. The lowest BCUT2D eigenvalue weighted by Crippen LogP contribution is -1.95. The molecule has 0 aliphatic rings. The molecule has 0 amide bonds. The lowest BCUT2D eigenvalue weighted by Gasteiger charge is -1.98. The van der Waals surface area contributed by atoms with Crippen molar-refractivity contribution in [3.8, 4) is 11.8 Å². The molecule has 88 valence electrons. The average molecular weight is 238 g/mol. The molecule has 0 atom stereocenters. The molecule has 0 aliphatic carbocycles. The SMILES string of the molecule is CC(=O)c1ccccc1C#Cc1ccc(F)cc1. The molecule has 0 fully saturated rings. The predicted octanol–water partition coefficient (Wildman–Crippen LogP) is 3.43. The van der Waals surface area contributed by atoms with E-state index in [2.05, 4.69) is 11.8 Å². The van der Waals surface area contributed by atoms with Gasteiger partial charge in [-0.25, -0.2) is 4.39 Å². The fraction of sp³-hybridized carbons (Fsp3) is 0.0625. The molecule has 0 aliphatic heterocycles. The van der Waals surface area contributed by atoms with E-state index in [1.165, 1.54) is 19.1 Å². The van der Waals surface area contributed by atoms with E-state index in [0.717, 1.165) is 5.56 Å². The topological polar surface area (TPSA) is 17.1 Å².